The van der Waals surface area contributed by atoms with E-state index in [0.29, 0.717) is 22.2 Å². The van der Waals surface area contributed by atoms with Gasteiger partial charge in [0.15, 0.2) is 10.9 Å². The number of hydrazone groups is 1. The zero-order valence-corrected chi connectivity index (χ0v) is 19.4. The van der Waals surface area contributed by atoms with Crippen LogP contribution in [0.3, 0.4) is 0 Å². The summed E-state index contributed by atoms with van der Waals surface area (Å²) in [6.07, 6.45) is 3.45. The molecule has 2 aromatic heterocycles. The first-order chi connectivity index (χ1) is 16.1. The van der Waals surface area contributed by atoms with Crippen molar-refractivity contribution in [2.45, 2.75) is 26.2 Å². The van der Waals surface area contributed by atoms with Crippen LogP contribution < -0.4 is 10.7 Å². The van der Waals surface area contributed by atoms with E-state index in [1.54, 1.807) is 0 Å². The summed E-state index contributed by atoms with van der Waals surface area (Å²) >= 11 is 6.88. The SMILES string of the molecule is C/C(=N\NC(=S)Nc1cccc(-c2nnn[nH]2)c1)c1csc(-c2ccc3c(c2)CCC3)c1O. The fourth-order valence-corrected chi connectivity index (χ4v) is 5.07. The summed E-state index contributed by atoms with van der Waals surface area (Å²) in [4.78, 5) is 0.855. The number of anilines is 1. The van der Waals surface area contributed by atoms with Gasteiger partial charge < -0.3 is 10.4 Å². The van der Waals surface area contributed by atoms with Crippen molar-refractivity contribution in [3.8, 4) is 27.6 Å². The van der Waals surface area contributed by atoms with E-state index in [4.69, 9.17) is 12.2 Å². The normalized spacial score (nSPS) is 13.1. The van der Waals surface area contributed by atoms with Gasteiger partial charge in [-0.3, -0.25) is 5.43 Å². The Morgan fingerprint density at radius 1 is 1.15 bits per heavy atom. The fourth-order valence-electron chi connectivity index (χ4n) is 3.91. The molecule has 0 bridgehead atoms. The molecule has 0 amide bonds. The third kappa shape index (κ3) is 4.48. The van der Waals surface area contributed by atoms with Crippen LogP contribution in [0.2, 0.25) is 0 Å². The van der Waals surface area contributed by atoms with Crippen molar-refractivity contribution >= 4 is 40.1 Å². The molecule has 0 unspecified atom stereocenters. The minimum atomic E-state index is 0.244. The molecule has 4 N–H and O–H groups in total. The second-order valence-electron chi connectivity index (χ2n) is 7.76. The number of fused-ring (bicyclic) bond motifs is 1. The number of benzene rings is 2. The third-order valence-corrected chi connectivity index (χ3v) is 6.79. The Bertz CT molecular complexity index is 1340. The maximum Gasteiger partial charge on any atom is 0.191 e. The number of rotatable bonds is 5. The van der Waals surface area contributed by atoms with E-state index in [0.717, 1.165) is 34.5 Å². The van der Waals surface area contributed by atoms with Gasteiger partial charge in [0.25, 0.3) is 0 Å². The van der Waals surface area contributed by atoms with Crippen molar-refractivity contribution in [3.05, 3.63) is 64.5 Å². The maximum atomic E-state index is 10.9. The average Bonchev–Trinajstić information content (AvgIpc) is 3.58. The first kappa shape index (κ1) is 21.2. The Morgan fingerprint density at radius 3 is 2.88 bits per heavy atom. The highest BCUT2D eigenvalue weighted by Crippen LogP contribution is 2.40. The number of tetrazole rings is 1. The van der Waals surface area contributed by atoms with E-state index in [9.17, 15) is 5.11 Å². The van der Waals surface area contributed by atoms with Gasteiger partial charge in [-0.05, 0) is 83.7 Å². The van der Waals surface area contributed by atoms with Gasteiger partial charge in [-0.1, -0.05) is 24.3 Å². The summed E-state index contributed by atoms with van der Waals surface area (Å²) in [6.45, 7) is 1.83. The van der Waals surface area contributed by atoms with Crippen molar-refractivity contribution in [2.75, 3.05) is 5.32 Å². The van der Waals surface area contributed by atoms with Gasteiger partial charge in [0.05, 0.1) is 16.2 Å². The second kappa shape index (κ2) is 9.08. The van der Waals surface area contributed by atoms with Crippen LogP contribution in [0.15, 0.2) is 52.9 Å². The van der Waals surface area contributed by atoms with E-state index in [1.807, 2.05) is 36.6 Å². The van der Waals surface area contributed by atoms with Gasteiger partial charge >= 0.3 is 0 Å². The van der Waals surface area contributed by atoms with Crippen molar-refractivity contribution in [3.63, 3.8) is 0 Å². The standard InChI is InChI=1S/C23H21N7OS2/c1-13(19-12-33-21(20(19)31)16-9-8-14-4-2-5-15(14)10-16)25-28-23(32)24-18-7-3-6-17(11-18)22-26-29-30-27-22/h3,6-12,31H,2,4-5H2,1H3,(H2,24,28,32)(H,26,27,29,30)/b25-13+. The average molecular weight is 476 g/mol. The minimum absolute atomic E-state index is 0.244. The van der Waals surface area contributed by atoms with Crippen LogP contribution in [0.5, 0.6) is 5.75 Å². The predicted molar refractivity (Wildman–Crippen MR) is 135 cm³/mol. The Morgan fingerprint density at radius 2 is 2.03 bits per heavy atom. The predicted octanol–water partition coefficient (Wildman–Crippen LogP) is 4.50. The molecule has 10 heteroatoms. The number of nitrogens with one attached hydrogen (secondary N) is 3. The lowest BCUT2D eigenvalue weighted by Crippen LogP contribution is -2.24. The molecular formula is C23H21N7OS2. The smallest absolute Gasteiger partial charge is 0.191 e. The number of aromatic amines is 1. The van der Waals surface area contributed by atoms with Crippen LogP contribution in [-0.2, 0) is 12.8 Å². The Kier molecular flexibility index (Phi) is 5.84. The van der Waals surface area contributed by atoms with Crippen LogP contribution in [0.4, 0.5) is 5.69 Å². The van der Waals surface area contributed by atoms with E-state index in [-0.39, 0.29) is 5.75 Å². The zero-order chi connectivity index (χ0) is 22.8. The molecule has 0 spiro atoms. The number of hydrogen-bond donors (Lipinski definition) is 4. The molecule has 0 saturated heterocycles. The van der Waals surface area contributed by atoms with Crippen molar-refractivity contribution in [1.29, 1.82) is 0 Å². The molecule has 4 aromatic rings. The first-order valence-corrected chi connectivity index (χ1v) is 11.8. The number of thiocarbonyl (C=S) groups is 1. The van der Waals surface area contributed by atoms with Gasteiger partial charge in [0, 0.05) is 16.6 Å². The number of aryl methyl sites for hydroxylation is 2. The van der Waals surface area contributed by atoms with E-state index in [1.165, 1.54) is 28.9 Å². The summed E-state index contributed by atoms with van der Waals surface area (Å²) in [5.41, 5.74) is 9.62. The number of H-pyrrole nitrogens is 1. The van der Waals surface area contributed by atoms with Crippen LogP contribution in [0.1, 0.15) is 30.0 Å². The van der Waals surface area contributed by atoms with E-state index >= 15 is 0 Å². The second-order valence-corrected chi connectivity index (χ2v) is 9.05. The van der Waals surface area contributed by atoms with Crippen LogP contribution >= 0.6 is 23.6 Å². The van der Waals surface area contributed by atoms with Crippen molar-refractivity contribution in [2.24, 2.45) is 5.10 Å². The Labute approximate surface area is 199 Å². The van der Waals surface area contributed by atoms with Crippen molar-refractivity contribution in [1.82, 2.24) is 26.0 Å². The van der Waals surface area contributed by atoms with E-state index < -0.39 is 0 Å². The molecule has 33 heavy (non-hydrogen) atoms. The largest absolute Gasteiger partial charge is 0.506 e. The molecule has 166 valence electrons. The third-order valence-electron chi connectivity index (χ3n) is 5.58. The molecule has 0 radical (unpaired) electrons. The highest BCUT2D eigenvalue weighted by Gasteiger charge is 2.17. The minimum Gasteiger partial charge on any atom is -0.506 e. The highest BCUT2D eigenvalue weighted by molar-refractivity contribution is 7.80. The monoisotopic (exact) mass is 475 g/mol. The van der Waals surface area contributed by atoms with Crippen LogP contribution in [0, 0.1) is 0 Å². The lowest BCUT2D eigenvalue weighted by molar-refractivity contribution is 0.478. The quantitative estimate of drug-likeness (QED) is 0.191. The van der Waals surface area contributed by atoms with Gasteiger partial charge in [-0.15, -0.1) is 16.4 Å². The number of thiophene rings is 1. The maximum absolute atomic E-state index is 10.9. The summed E-state index contributed by atoms with van der Waals surface area (Å²) < 4.78 is 0. The molecule has 0 saturated carbocycles. The molecule has 0 atom stereocenters. The summed E-state index contributed by atoms with van der Waals surface area (Å²) in [7, 11) is 0. The number of nitrogens with zero attached hydrogens (tertiary/aromatic N) is 4. The van der Waals surface area contributed by atoms with Gasteiger partial charge in [0.1, 0.15) is 5.75 Å². The highest BCUT2D eigenvalue weighted by atomic mass is 32.1. The lowest BCUT2D eigenvalue weighted by Gasteiger charge is -2.09. The molecule has 5 rings (SSSR count). The molecular weight excluding hydrogens is 454 g/mol. The first-order valence-electron chi connectivity index (χ1n) is 10.5. The Hall–Kier alpha value is -3.63. The fraction of sp³-hybridized carbons (Fsp3) is 0.174. The van der Waals surface area contributed by atoms with Gasteiger partial charge in [0.2, 0.25) is 0 Å². The molecule has 0 fully saturated rings. The molecule has 2 heterocycles. The molecule has 2 aromatic carbocycles. The number of hydrogen-bond acceptors (Lipinski definition) is 7. The van der Waals surface area contributed by atoms with E-state index in [2.05, 4.69) is 54.7 Å². The molecule has 0 aliphatic heterocycles. The summed E-state index contributed by atoms with van der Waals surface area (Å²) in [5.74, 6) is 0.812. The number of aromatic nitrogens is 4. The zero-order valence-electron chi connectivity index (χ0n) is 17.8. The summed E-state index contributed by atoms with van der Waals surface area (Å²) in [5, 5.41) is 34.4. The van der Waals surface area contributed by atoms with Gasteiger partial charge in [-0.2, -0.15) is 5.10 Å². The van der Waals surface area contributed by atoms with Crippen molar-refractivity contribution < 1.29 is 5.11 Å². The molecule has 1 aliphatic rings. The molecule has 8 nitrogen and oxygen atoms in total. The summed E-state index contributed by atoms with van der Waals surface area (Å²) in [6, 6.07) is 14.0. The molecule has 1 aliphatic carbocycles. The van der Waals surface area contributed by atoms with Gasteiger partial charge in [-0.25, -0.2) is 5.10 Å². The topological polar surface area (TPSA) is 111 Å². The Balaban J connectivity index is 1.27. The van der Waals surface area contributed by atoms with Crippen LogP contribution in [0.25, 0.3) is 21.8 Å². The number of aromatic hydroxyl groups is 1. The lowest BCUT2D eigenvalue weighted by atomic mass is 10.0. The van der Waals surface area contributed by atoms with Crippen LogP contribution in [-0.4, -0.2) is 36.6 Å².